The SMILES string of the molecule is COc1ccc(NC(=O)CN2C(=O)C(=Cc3ccccc3)SC2=S)cc1. The van der Waals surface area contributed by atoms with Crippen molar-refractivity contribution in [3.05, 3.63) is 65.1 Å². The quantitative estimate of drug-likeness (QED) is 0.631. The molecule has 0 bridgehead atoms. The van der Waals surface area contributed by atoms with E-state index in [4.69, 9.17) is 17.0 Å². The Labute approximate surface area is 161 Å². The van der Waals surface area contributed by atoms with Gasteiger partial charge in [-0.3, -0.25) is 14.5 Å². The van der Waals surface area contributed by atoms with E-state index in [2.05, 4.69) is 5.32 Å². The second-order valence-corrected chi connectivity index (χ2v) is 7.13. The van der Waals surface area contributed by atoms with Crippen molar-refractivity contribution in [1.82, 2.24) is 4.90 Å². The summed E-state index contributed by atoms with van der Waals surface area (Å²) in [6.45, 7) is -0.122. The van der Waals surface area contributed by atoms with Gasteiger partial charge in [0.2, 0.25) is 5.91 Å². The van der Waals surface area contributed by atoms with Gasteiger partial charge in [-0.1, -0.05) is 54.3 Å². The minimum Gasteiger partial charge on any atom is -0.497 e. The minimum absolute atomic E-state index is 0.122. The highest BCUT2D eigenvalue weighted by atomic mass is 32.2. The lowest BCUT2D eigenvalue weighted by atomic mass is 10.2. The molecule has 0 aliphatic carbocycles. The van der Waals surface area contributed by atoms with Crippen LogP contribution in [0.15, 0.2) is 59.5 Å². The van der Waals surface area contributed by atoms with Gasteiger partial charge in [0.05, 0.1) is 12.0 Å². The molecule has 1 N–H and O–H groups in total. The average molecular weight is 384 g/mol. The summed E-state index contributed by atoms with van der Waals surface area (Å²) in [5.74, 6) is 0.132. The van der Waals surface area contributed by atoms with Crippen molar-refractivity contribution in [2.75, 3.05) is 19.0 Å². The van der Waals surface area contributed by atoms with Crippen LogP contribution in [0.1, 0.15) is 5.56 Å². The Hall–Kier alpha value is -2.64. The minimum atomic E-state index is -0.313. The van der Waals surface area contributed by atoms with Gasteiger partial charge in [0.15, 0.2) is 0 Å². The zero-order chi connectivity index (χ0) is 18.5. The molecule has 2 amide bonds. The van der Waals surface area contributed by atoms with Crippen LogP contribution in [0.5, 0.6) is 5.75 Å². The lowest BCUT2D eigenvalue weighted by molar-refractivity contribution is -0.126. The maximum Gasteiger partial charge on any atom is 0.266 e. The molecule has 1 saturated heterocycles. The predicted molar refractivity (Wildman–Crippen MR) is 108 cm³/mol. The molecule has 132 valence electrons. The Morgan fingerprint density at radius 1 is 1.19 bits per heavy atom. The van der Waals surface area contributed by atoms with E-state index in [-0.39, 0.29) is 18.4 Å². The van der Waals surface area contributed by atoms with Crippen molar-refractivity contribution in [1.29, 1.82) is 0 Å². The number of nitrogens with zero attached hydrogens (tertiary/aromatic N) is 1. The topological polar surface area (TPSA) is 58.6 Å². The number of hydrogen-bond donors (Lipinski definition) is 1. The summed E-state index contributed by atoms with van der Waals surface area (Å²) >= 11 is 6.46. The van der Waals surface area contributed by atoms with Crippen LogP contribution >= 0.6 is 24.0 Å². The molecule has 1 fully saturated rings. The Balaban J connectivity index is 1.65. The molecule has 0 saturated carbocycles. The number of hydrogen-bond acceptors (Lipinski definition) is 5. The third-order valence-electron chi connectivity index (χ3n) is 3.65. The van der Waals surface area contributed by atoms with Crippen LogP contribution in [0, 0.1) is 0 Å². The van der Waals surface area contributed by atoms with Crippen molar-refractivity contribution in [2.24, 2.45) is 0 Å². The van der Waals surface area contributed by atoms with Crippen molar-refractivity contribution in [3.8, 4) is 5.75 Å². The summed E-state index contributed by atoms with van der Waals surface area (Å²) < 4.78 is 5.46. The Morgan fingerprint density at radius 2 is 1.88 bits per heavy atom. The number of benzene rings is 2. The zero-order valence-corrected chi connectivity index (χ0v) is 15.6. The third-order valence-corrected chi connectivity index (χ3v) is 5.02. The van der Waals surface area contributed by atoms with Crippen LogP contribution in [0.4, 0.5) is 5.69 Å². The van der Waals surface area contributed by atoms with E-state index >= 15 is 0 Å². The van der Waals surface area contributed by atoms with Gasteiger partial charge < -0.3 is 10.1 Å². The van der Waals surface area contributed by atoms with E-state index in [1.807, 2.05) is 30.3 Å². The van der Waals surface area contributed by atoms with Gasteiger partial charge in [-0.05, 0) is 35.9 Å². The Bertz CT molecular complexity index is 864. The maximum atomic E-state index is 12.5. The van der Waals surface area contributed by atoms with Crippen LogP contribution in [-0.2, 0) is 9.59 Å². The molecule has 0 atom stereocenters. The van der Waals surface area contributed by atoms with Gasteiger partial charge in [0.1, 0.15) is 16.6 Å². The average Bonchev–Trinajstić information content (AvgIpc) is 2.90. The number of rotatable bonds is 5. The molecule has 3 rings (SSSR count). The summed E-state index contributed by atoms with van der Waals surface area (Å²) in [5, 5.41) is 2.75. The number of carbonyl (C=O) groups is 2. The first kappa shape index (κ1) is 18.2. The number of anilines is 1. The van der Waals surface area contributed by atoms with Crippen LogP contribution in [0.3, 0.4) is 0 Å². The van der Waals surface area contributed by atoms with E-state index in [1.54, 1.807) is 37.5 Å². The fourth-order valence-corrected chi connectivity index (χ4v) is 3.61. The van der Waals surface area contributed by atoms with Gasteiger partial charge in [0.25, 0.3) is 5.91 Å². The van der Waals surface area contributed by atoms with E-state index in [9.17, 15) is 9.59 Å². The molecule has 1 heterocycles. The van der Waals surface area contributed by atoms with Gasteiger partial charge in [-0.15, -0.1) is 0 Å². The van der Waals surface area contributed by atoms with Crippen LogP contribution in [-0.4, -0.2) is 34.7 Å². The number of amides is 2. The zero-order valence-electron chi connectivity index (χ0n) is 14.0. The lowest BCUT2D eigenvalue weighted by Gasteiger charge is -2.14. The summed E-state index contributed by atoms with van der Waals surface area (Å²) in [4.78, 5) is 26.6. The van der Waals surface area contributed by atoms with E-state index in [0.717, 1.165) is 5.56 Å². The van der Waals surface area contributed by atoms with Crippen LogP contribution < -0.4 is 10.1 Å². The Morgan fingerprint density at radius 3 is 2.54 bits per heavy atom. The summed E-state index contributed by atoms with van der Waals surface area (Å²) in [5.41, 5.74) is 1.54. The molecule has 2 aromatic rings. The predicted octanol–water partition coefficient (Wildman–Crippen LogP) is 3.54. The first-order valence-corrected chi connectivity index (χ1v) is 9.03. The molecule has 0 spiro atoms. The lowest BCUT2D eigenvalue weighted by Crippen LogP contribution is -2.36. The second-order valence-electron chi connectivity index (χ2n) is 5.46. The molecule has 26 heavy (non-hydrogen) atoms. The smallest absolute Gasteiger partial charge is 0.266 e. The van der Waals surface area contributed by atoms with Gasteiger partial charge in [0, 0.05) is 5.69 Å². The van der Waals surface area contributed by atoms with Crippen molar-refractivity contribution in [2.45, 2.75) is 0 Å². The summed E-state index contributed by atoms with van der Waals surface area (Å²) in [6.07, 6.45) is 1.78. The van der Waals surface area contributed by atoms with Gasteiger partial charge in [-0.2, -0.15) is 0 Å². The fourth-order valence-electron chi connectivity index (χ4n) is 2.36. The molecular formula is C19H16N2O3S2. The maximum absolute atomic E-state index is 12.5. The Kier molecular flexibility index (Phi) is 5.70. The molecule has 0 radical (unpaired) electrons. The van der Waals surface area contributed by atoms with E-state index in [0.29, 0.717) is 20.7 Å². The van der Waals surface area contributed by atoms with Crippen molar-refractivity contribution >= 4 is 51.9 Å². The first-order chi connectivity index (χ1) is 12.6. The normalized spacial score (nSPS) is 15.4. The number of nitrogens with one attached hydrogen (secondary N) is 1. The fraction of sp³-hybridized carbons (Fsp3) is 0.105. The van der Waals surface area contributed by atoms with Crippen LogP contribution in [0.2, 0.25) is 0 Å². The summed E-state index contributed by atoms with van der Waals surface area (Å²) in [6, 6.07) is 16.5. The third kappa shape index (κ3) is 4.30. The molecule has 1 aliphatic heterocycles. The molecule has 2 aromatic carbocycles. The molecule has 0 aromatic heterocycles. The number of methoxy groups -OCH3 is 1. The standard InChI is InChI=1S/C19H16N2O3S2/c1-24-15-9-7-14(8-10-15)20-17(22)12-21-18(23)16(26-19(21)25)11-13-5-3-2-4-6-13/h2-11H,12H2,1H3,(H,20,22). The number of carbonyl (C=O) groups excluding carboxylic acids is 2. The van der Waals surface area contributed by atoms with E-state index < -0.39 is 0 Å². The van der Waals surface area contributed by atoms with Gasteiger partial charge >= 0.3 is 0 Å². The highest BCUT2D eigenvalue weighted by Crippen LogP contribution is 2.32. The molecule has 5 nitrogen and oxygen atoms in total. The molecule has 1 aliphatic rings. The number of ether oxygens (including phenoxy) is 1. The molecule has 0 unspecified atom stereocenters. The summed E-state index contributed by atoms with van der Waals surface area (Å²) in [7, 11) is 1.58. The largest absolute Gasteiger partial charge is 0.497 e. The van der Waals surface area contributed by atoms with Gasteiger partial charge in [-0.25, -0.2) is 0 Å². The number of thioether (sulfide) groups is 1. The molecular weight excluding hydrogens is 368 g/mol. The van der Waals surface area contributed by atoms with E-state index in [1.165, 1.54) is 16.7 Å². The first-order valence-electron chi connectivity index (χ1n) is 7.81. The highest BCUT2D eigenvalue weighted by molar-refractivity contribution is 8.26. The van der Waals surface area contributed by atoms with Crippen molar-refractivity contribution in [3.63, 3.8) is 0 Å². The highest BCUT2D eigenvalue weighted by Gasteiger charge is 2.33. The van der Waals surface area contributed by atoms with Crippen molar-refractivity contribution < 1.29 is 14.3 Å². The monoisotopic (exact) mass is 384 g/mol. The second kappa shape index (κ2) is 8.16. The number of thiocarbonyl (C=S) groups is 1. The van der Waals surface area contributed by atoms with Crippen LogP contribution in [0.25, 0.3) is 6.08 Å². The molecule has 7 heteroatoms.